The predicted molar refractivity (Wildman–Crippen MR) is 55.7 cm³/mol. The largest absolute Gasteiger partial charge is 0.232 e. The first kappa shape index (κ1) is 7.74. The highest BCUT2D eigenvalue weighted by Gasteiger charge is 2.26. The summed E-state index contributed by atoms with van der Waals surface area (Å²) in [6, 6.07) is 2.30. The molecule has 0 radical (unpaired) electrons. The summed E-state index contributed by atoms with van der Waals surface area (Å²) in [6.45, 7) is 2.48. The molecule has 2 aliphatic heterocycles. The van der Waals surface area contributed by atoms with Crippen molar-refractivity contribution < 1.29 is 4.58 Å². The Kier molecular flexibility index (Phi) is 1.76. The third-order valence-electron chi connectivity index (χ3n) is 3.15. The molecule has 0 unspecified atom stereocenters. The molecule has 1 nitrogen and oxygen atoms in total. The van der Waals surface area contributed by atoms with Crippen molar-refractivity contribution in [2.45, 2.75) is 32.2 Å². The van der Waals surface area contributed by atoms with Crippen molar-refractivity contribution in [1.29, 1.82) is 0 Å². The zero-order valence-corrected chi connectivity index (χ0v) is 8.57. The van der Waals surface area contributed by atoms with Crippen molar-refractivity contribution in [2.75, 3.05) is 6.54 Å². The molecule has 0 saturated carbocycles. The van der Waals surface area contributed by atoms with Crippen LogP contribution in [0.1, 0.15) is 29.7 Å². The molecule has 0 aromatic carbocycles. The Labute approximate surface area is 82.7 Å². The maximum absolute atomic E-state index is 2.60. The van der Waals surface area contributed by atoms with Gasteiger partial charge in [-0.05, 0) is 17.9 Å². The Bertz CT molecular complexity index is 329. The van der Waals surface area contributed by atoms with Gasteiger partial charge in [0, 0.05) is 23.3 Å². The summed E-state index contributed by atoms with van der Waals surface area (Å²) in [4.78, 5) is 1.62. The van der Waals surface area contributed by atoms with Gasteiger partial charge >= 0.3 is 0 Å². The van der Waals surface area contributed by atoms with Gasteiger partial charge < -0.3 is 0 Å². The van der Waals surface area contributed by atoms with E-state index in [9.17, 15) is 0 Å². The zero-order valence-electron chi connectivity index (χ0n) is 7.75. The summed E-state index contributed by atoms with van der Waals surface area (Å²) in [5, 5.41) is 2.24. The minimum absolute atomic E-state index is 1.19. The maximum Gasteiger partial charge on any atom is 0.169 e. The average molecular weight is 192 g/mol. The Morgan fingerprint density at radius 2 is 2.31 bits per heavy atom. The lowest BCUT2D eigenvalue weighted by Gasteiger charge is -2.19. The second-order valence-corrected chi connectivity index (χ2v) is 4.99. The van der Waals surface area contributed by atoms with Crippen molar-refractivity contribution in [2.24, 2.45) is 0 Å². The molecule has 68 valence electrons. The minimum Gasteiger partial charge on any atom is -0.232 e. The van der Waals surface area contributed by atoms with E-state index in [1.54, 1.807) is 16.2 Å². The van der Waals surface area contributed by atoms with Crippen LogP contribution in [0, 0.1) is 0 Å². The third kappa shape index (κ3) is 1.24. The van der Waals surface area contributed by atoms with Crippen LogP contribution in [0.3, 0.4) is 0 Å². The van der Waals surface area contributed by atoms with Gasteiger partial charge in [-0.25, -0.2) is 4.58 Å². The molecule has 3 heterocycles. The molecule has 2 heteroatoms. The van der Waals surface area contributed by atoms with Gasteiger partial charge in [0.15, 0.2) is 12.3 Å². The summed E-state index contributed by atoms with van der Waals surface area (Å²) in [5.74, 6) is 0. The van der Waals surface area contributed by atoms with Crippen molar-refractivity contribution in [3.05, 3.63) is 21.9 Å². The van der Waals surface area contributed by atoms with E-state index in [4.69, 9.17) is 0 Å². The molecule has 0 amide bonds. The van der Waals surface area contributed by atoms with Crippen LogP contribution in [-0.4, -0.2) is 16.8 Å². The molecule has 1 aromatic rings. The van der Waals surface area contributed by atoms with Crippen molar-refractivity contribution >= 4 is 17.0 Å². The molecule has 3 rings (SSSR count). The van der Waals surface area contributed by atoms with Crippen LogP contribution in [0.25, 0.3) is 0 Å². The lowest BCUT2D eigenvalue weighted by Crippen LogP contribution is -2.31. The Morgan fingerprint density at radius 3 is 3.31 bits per heavy atom. The summed E-state index contributed by atoms with van der Waals surface area (Å²) in [7, 11) is 0. The smallest absolute Gasteiger partial charge is 0.169 e. The molecule has 13 heavy (non-hydrogen) atoms. The molecular formula is C11H14NS+. The van der Waals surface area contributed by atoms with Gasteiger partial charge in [-0.1, -0.05) is 0 Å². The predicted octanol–water partition coefficient (Wildman–Crippen LogP) is 2.44. The van der Waals surface area contributed by atoms with Crippen LogP contribution in [-0.2, 0) is 13.0 Å². The highest BCUT2D eigenvalue weighted by atomic mass is 32.1. The van der Waals surface area contributed by atoms with E-state index in [2.05, 4.69) is 16.0 Å². The third-order valence-corrected chi connectivity index (χ3v) is 4.12. The van der Waals surface area contributed by atoms with Crippen molar-refractivity contribution in [3.8, 4) is 0 Å². The van der Waals surface area contributed by atoms with Gasteiger partial charge in [-0.3, -0.25) is 0 Å². The van der Waals surface area contributed by atoms with Crippen molar-refractivity contribution in [3.63, 3.8) is 0 Å². The average Bonchev–Trinajstić information content (AvgIpc) is 2.61. The van der Waals surface area contributed by atoms with E-state index in [0.717, 1.165) is 0 Å². The fourth-order valence-corrected chi connectivity index (χ4v) is 3.32. The first-order chi connectivity index (χ1) is 6.43. The Balaban J connectivity index is 1.98. The molecular weight excluding hydrogens is 178 g/mol. The number of hydrogen-bond acceptors (Lipinski definition) is 1. The van der Waals surface area contributed by atoms with E-state index >= 15 is 0 Å². The second-order valence-electron chi connectivity index (χ2n) is 3.99. The number of rotatable bonds is 0. The summed E-state index contributed by atoms with van der Waals surface area (Å²) in [6.07, 6.45) is 5.39. The van der Waals surface area contributed by atoms with Crippen LogP contribution in [0.15, 0.2) is 11.4 Å². The van der Waals surface area contributed by atoms with Gasteiger partial charge in [0.25, 0.3) is 0 Å². The Morgan fingerprint density at radius 1 is 1.31 bits per heavy atom. The molecule has 0 aliphatic carbocycles. The lowest BCUT2D eigenvalue weighted by molar-refractivity contribution is -0.551. The van der Waals surface area contributed by atoms with E-state index < -0.39 is 0 Å². The quantitative estimate of drug-likeness (QED) is 0.555. The number of thiophene rings is 1. The summed E-state index contributed by atoms with van der Waals surface area (Å²) < 4.78 is 2.60. The minimum atomic E-state index is 1.19. The second kappa shape index (κ2) is 2.95. The molecule has 2 aliphatic rings. The van der Waals surface area contributed by atoms with Gasteiger partial charge in [0.1, 0.15) is 6.54 Å². The lowest BCUT2D eigenvalue weighted by atomic mass is 9.99. The summed E-state index contributed by atoms with van der Waals surface area (Å²) >= 11 is 1.93. The molecule has 0 saturated heterocycles. The van der Waals surface area contributed by atoms with E-state index in [1.165, 1.54) is 38.8 Å². The maximum atomic E-state index is 2.60. The first-order valence-electron chi connectivity index (χ1n) is 5.08. The highest BCUT2D eigenvalue weighted by molar-refractivity contribution is 7.10. The van der Waals surface area contributed by atoms with Gasteiger partial charge in [-0.2, -0.15) is 0 Å². The molecule has 0 bridgehead atoms. The van der Waals surface area contributed by atoms with Crippen molar-refractivity contribution in [1.82, 2.24) is 0 Å². The SMILES string of the molecule is c1cc2c(s1)CC1=[N+](CCCC1)C2. The Hall–Kier alpha value is -0.630. The number of hydrogen-bond donors (Lipinski definition) is 0. The molecule has 0 spiro atoms. The molecule has 0 atom stereocenters. The number of nitrogens with zero attached hydrogens (tertiary/aromatic N) is 1. The molecule has 0 N–H and O–H groups in total. The fourth-order valence-electron chi connectivity index (χ4n) is 2.39. The fraction of sp³-hybridized carbons (Fsp3) is 0.545. The summed E-state index contributed by atoms with van der Waals surface area (Å²) in [5.41, 5.74) is 3.27. The highest BCUT2D eigenvalue weighted by Crippen LogP contribution is 2.25. The van der Waals surface area contributed by atoms with E-state index in [1.807, 2.05) is 11.3 Å². The van der Waals surface area contributed by atoms with E-state index in [-0.39, 0.29) is 0 Å². The monoisotopic (exact) mass is 192 g/mol. The van der Waals surface area contributed by atoms with Crippen LogP contribution < -0.4 is 0 Å². The standard InChI is InChI=1S/C11H14NS/c1-2-5-12-8-9-4-6-13-11(9)7-10(12)3-1/h4,6H,1-3,5,7-8H2/q+1. The molecule has 0 fully saturated rings. The zero-order chi connectivity index (χ0) is 8.67. The number of fused-ring (bicyclic) bond motifs is 1. The van der Waals surface area contributed by atoms with Gasteiger partial charge in [0.2, 0.25) is 0 Å². The van der Waals surface area contributed by atoms with Crippen LogP contribution in [0.5, 0.6) is 0 Å². The molecule has 1 aromatic heterocycles. The van der Waals surface area contributed by atoms with Gasteiger partial charge in [0.05, 0.1) is 6.42 Å². The van der Waals surface area contributed by atoms with Crippen LogP contribution >= 0.6 is 11.3 Å². The first-order valence-corrected chi connectivity index (χ1v) is 5.96. The normalized spacial score (nSPS) is 21.2. The van der Waals surface area contributed by atoms with Gasteiger partial charge in [-0.15, -0.1) is 11.3 Å². The topological polar surface area (TPSA) is 3.01 Å². The van der Waals surface area contributed by atoms with E-state index in [0.29, 0.717) is 0 Å². The van der Waals surface area contributed by atoms with Crippen LogP contribution in [0.2, 0.25) is 0 Å². The van der Waals surface area contributed by atoms with Crippen LogP contribution in [0.4, 0.5) is 0 Å².